The Balaban J connectivity index is 1.66. The number of amides is 1. The van der Waals surface area contributed by atoms with Gasteiger partial charge in [-0.05, 0) is 49.8 Å². The van der Waals surface area contributed by atoms with Gasteiger partial charge in [0.15, 0.2) is 5.16 Å². The molecule has 1 atom stereocenters. The molecule has 0 aliphatic carbocycles. The summed E-state index contributed by atoms with van der Waals surface area (Å²) in [5.74, 6) is 0.408. The smallest absolute Gasteiger partial charge is 0.276 e. The molecule has 0 N–H and O–H groups in total. The summed E-state index contributed by atoms with van der Waals surface area (Å²) in [7, 11) is 0. The van der Waals surface area contributed by atoms with E-state index in [0.717, 1.165) is 25.1 Å². The molecule has 1 saturated heterocycles. The van der Waals surface area contributed by atoms with E-state index in [0.29, 0.717) is 21.1 Å². The molecule has 0 spiro atoms. The molecule has 140 valence electrons. The fourth-order valence-corrected chi connectivity index (χ4v) is 5.13. The summed E-state index contributed by atoms with van der Waals surface area (Å²) in [5.41, 5.74) is 1.38. The minimum atomic E-state index is -0.0810. The summed E-state index contributed by atoms with van der Waals surface area (Å²) in [4.78, 5) is 32.4. The molecular formula is C20H21N3O2S2. The van der Waals surface area contributed by atoms with Crippen LogP contribution in [0.3, 0.4) is 0 Å². The van der Waals surface area contributed by atoms with E-state index in [4.69, 9.17) is 0 Å². The molecule has 4 rings (SSSR count). The van der Waals surface area contributed by atoms with Crippen molar-refractivity contribution in [3.8, 4) is 5.69 Å². The van der Waals surface area contributed by atoms with Gasteiger partial charge in [-0.3, -0.25) is 14.2 Å². The van der Waals surface area contributed by atoms with Crippen molar-refractivity contribution < 1.29 is 4.79 Å². The molecule has 3 aromatic rings. The van der Waals surface area contributed by atoms with E-state index in [2.05, 4.69) is 11.9 Å². The maximum Gasteiger partial charge on any atom is 0.276 e. The van der Waals surface area contributed by atoms with E-state index >= 15 is 0 Å². The van der Waals surface area contributed by atoms with Gasteiger partial charge < -0.3 is 4.90 Å². The van der Waals surface area contributed by atoms with Gasteiger partial charge in [0.2, 0.25) is 5.91 Å². The van der Waals surface area contributed by atoms with Crippen LogP contribution in [-0.2, 0) is 4.79 Å². The first-order valence-electron chi connectivity index (χ1n) is 9.13. The number of benzene rings is 1. The summed E-state index contributed by atoms with van der Waals surface area (Å²) in [5, 5.41) is 2.44. The Bertz CT molecular complexity index is 1010. The van der Waals surface area contributed by atoms with Gasteiger partial charge in [0.1, 0.15) is 4.70 Å². The van der Waals surface area contributed by atoms with Gasteiger partial charge in [-0.25, -0.2) is 4.98 Å². The second-order valence-corrected chi connectivity index (χ2v) is 8.58. The van der Waals surface area contributed by atoms with E-state index in [-0.39, 0.29) is 17.5 Å². The van der Waals surface area contributed by atoms with E-state index < -0.39 is 0 Å². The summed E-state index contributed by atoms with van der Waals surface area (Å²) >= 11 is 2.74. The third kappa shape index (κ3) is 3.66. The normalized spacial score (nSPS) is 17.4. The molecule has 1 amide bonds. The quantitative estimate of drug-likeness (QED) is 0.493. The summed E-state index contributed by atoms with van der Waals surface area (Å²) in [6.07, 6.45) is 3.31. The molecule has 0 bridgehead atoms. The minimum absolute atomic E-state index is 0.0810. The van der Waals surface area contributed by atoms with Crippen molar-refractivity contribution in [2.45, 2.75) is 37.4 Å². The van der Waals surface area contributed by atoms with Crippen LogP contribution in [0.1, 0.15) is 26.2 Å². The number of para-hydroxylation sites is 1. The van der Waals surface area contributed by atoms with Crippen molar-refractivity contribution in [2.75, 3.05) is 12.3 Å². The minimum Gasteiger partial charge on any atom is -0.339 e. The number of fused-ring (bicyclic) bond motifs is 1. The summed E-state index contributed by atoms with van der Waals surface area (Å²) in [6, 6.07) is 11.6. The molecule has 1 aliphatic heterocycles. The first-order valence-corrected chi connectivity index (χ1v) is 11.0. The number of hydrogen-bond acceptors (Lipinski definition) is 5. The topological polar surface area (TPSA) is 55.2 Å². The number of rotatable bonds is 4. The Morgan fingerprint density at radius 1 is 1.26 bits per heavy atom. The number of carbonyl (C=O) groups is 1. The molecule has 27 heavy (non-hydrogen) atoms. The van der Waals surface area contributed by atoms with Crippen molar-refractivity contribution in [1.82, 2.24) is 14.5 Å². The molecular weight excluding hydrogens is 378 g/mol. The lowest BCUT2D eigenvalue weighted by molar-refractivity contribution is -0.131. The van der Waals surface area contributed by atoms with Crippen molar-refractivity contribution in [3.63, 3.8) is 0 Å². The first kappa shape index (κ1) is 18.3. The zero-order valence-corrected chi connectivity index (χ0v) is 16.8. The number of piperidine rings is 1. The number of thioether (sulfide) groups is 1. The molecule has 0 saturated carbocycles. The van der Waals surface area contributed by atoms with Gasteiger partial charge >= 0.3 is 0 Å². The van der Waals surface area contributed by atoms with Crippen LogP contribution in [0.4, 0.5) is 0 Å². The highest BCUT2D eigenvalue weighted by atomic mass is 32.2. The fraction of sp³-hybridized carbons (Fsp3) is 0.350. The standard InChI is InChI=1S/C20H21N3O2S2/c1-14-7-5-6-11-22(14)17(24)13-27-20-21-16-10-12-26-18(16)19(25)23(20)15-8-3-2-4-9-15/h2-4,8-10,12,14H,5-7,11,13H2,1H3. The Hall–Kier alpha value is -2.12. The Morgan fingerprint density at radius 2 is 2.07 bits per heavy atom. The zero-order valence-electron chi connectivity index (χ0n) is 15.1. The van der Waals surface area contributed by atoms with E-state index in [1.165, 1.54) is 29.5 Å². The SMILES string of the molecule is CC1CCCCN1C(=O)CSc1nc2ccsc2c(=O)n1-c1ccccc1. The number of aromatic nitrogens is 2. The first-order chi connectivity index (χ1) is 13.1. The number of hydrogen-bond donors (Lipinski definition) is 0. The van der Waals surface area contributed by atoms with Gasteiger partial charge in [0.05, 0.1) is 17.0 Å². The predicted molar refractivity (Wildman–Crippen MR) is 111 cm³/mol. The van der Waals surface area contributed by atoms with Crippen molar-refractivity contribution in [1.29, 1.82) is 0 Å². The van der Waals surface area contributed by atoms with Gasteiger partial charge in [-0.1, -0.05) is 30.0 Å². The maximum absolute atomic E-state index is 13.0. The molecule has 1 aromatic carbocycles. The molecule has 2 aromatic heterocycles. The third-order valence-corrected chi connectivity index (χ3v) is 6.73. The number of thiophene rings is 1. The van der Waals surface area contributed by atoms with Crippen LogP contribution < -0.4 is 5.56 Å². The monoisotopic (exact) mass is 399 g/mol. The predicted octanol–water partition coefficient (Wildman–Crippen LogP) is 3.94. The lowest BCUT2D eigenvalue weighted by Crippen LogP contribution is -2.43. The van der Waals surface area contributed by atoms with Crippen LogP contribution in [0.5, 0.6) is 0 Å². The van der Waals surface area contributed by atoms with Gasteiger partial charge in [0.25, 0.3) is 5.56 Å². The molecule has 1 fully saturated rings. The van der Waals surface area contributed by atoms with Gasteiger partial charge in [-0.15, -0.1) is 11.3 Å². The maximum atomic E-state index is 13.0. The van der Waals surface area contributed by atoms with E-state index in [9.17, 15) is 9.59 Å². The molecule has 0 radical (unpaired) electrons. The number of carbonyl (C=O) groups excluding carboxylic acids is 1. The molecule has 1 unspecified atom stereocenters. The van der Waals surface area contributed by atoms with Crippen molar-refractivity contribution >= 4 is 39.2 Å². The average molecular weight is 400 g/mol. The third-order valence-electron chi connectivity index (χ3n) is 4.91. The molecule has 5 nitrogen and oxygen atoms in total. The Kier molecular flexibility index (Phi) is 5.31. The van der Waals surface area contributed by atoms with Crippen LogP contribution in [0.25, 0.3) is 15.9 Å². The Labute approximate surface area is 166 Å². The number of nitrogens with zero attached hydrogens (tertiary/aromatic N) is 3. The molecule has 7 heteroatoms. The highest BCUT2D eigenvalue weighted by Gasteiger charge is 2.24. The van der Waals surface area contributed by atoms with E-state index in [1.807, 2.05) is 46.7 Å². The average Bonchev–Trinajstić information content (AvgIpc) is 3.16. The summed E-state index contributed by atoms with van der Waals surface area (Å²) in [6.45, 7) is 2.93. The zero-order chi connectivity index (χ0) is 18.8. The van der Waals surface area contributed by atoms with Crippen LogP contribution in [0.2, 0.25) is 0 Å². The van der Waals surface area contributed by atoms with Crippen LogP contribution >= 0.6 is 23.1 Å². The van der Waals surface area contributed by atoms with Crippen molar-refractivity contribution in [3.05, 3.63) is 52.1 Å². The lowest BCUT2D eigenvalue weighted by Gasteiger charge is -2.33. The molecule has 3 heterocycles. The van der Waals surface area contributed by atoms with Gasteiger partial charge in [-0.2, -0.15) is 0 Å². The van der Waals surface area contributed by atoms with Crippen LogP contribution in [0, 0.1) is 0 Å². The second-order valence-electron chi connectivity index (χ2n) is 6.73. The van der Waals surface area contributed by atoms with E-state index in [1.54, 1.807) is 4.57 Å². The largest absolute Gasteiger partial charge is 0.339 e. The van der Waals surface area contributed by atoms with Gasteiger partial charge in [0, 0.05) is 12.6 Å². The lowest BCUT2D eigenvalue weighted by atomic mass is 10.0. The fourth-order valence-electron chi connectivity index (χ4n) is 3.47. The van der Waals surface area contributed by atoms with Crippen LogP contribution in [0.15, 0.2) is 51.7 Å². The second kappa shape index (κ2) is 7.86. The van der Waals surface area contributed by atoms with Crippen LogP contribution in [-0.4, -0.2) is 38.7 Å². The highest BCUT2D eigenvalue weighted by Crippen LogP contribution is 2.25. The van der Waals surface area contributed by atoms with Crippen molar-refractivity contribution in [2.24, 2.45) is 0 Å². The molecule has 1 aliphatic rings. The number of likely N-dealkylation sites (tertiary alicyclic amines) is 1. The Morgan fingerprint density at radius 3 is 2.85 bits per heavy atom. The highest BCUT2D eigenvalue weighted by molar-refractivity contribution is 7.99. The summed E-state index contributed by atoms with van der Waals surface area (Å²) < 4.78 is 2.26.